The minimum atomic E-state index is -0.617. The van der Waals surface area contributed by atoms with E-state index in [-0.39, 0.29) is 11.9 Å². The molecule has 5 nitrogen and oxygen atoms in total. The summed E-state index contributed by atoms with van der Waals surface area (Å²) in [7, 11) is 1.59. The third-order valence-electron chi connectivity index (χ3n) is 3.63. The predicted octanol–water partition coefficient (Wildman–Crippen LogP) is 3.35. The van der Waals surface area contributed by atoms with E-state index in [0.29, 0.717) is 18.1 Å². The first-order valence-electron chi connectivity index (χ1n) is 8.28. The molecule has 0 saturated carbocycles. The number of benzene rings is 2. The average Bonchev–Trinajstić information content (AvgIpc) is 2.61. The first-order valence-corrected chi connectivity index (χ1v) is 8.28. The minimum Gasteiger partial charge on any atom is -0.497 e. The molecular formula is C20H25NO4. The SMILES string of the molecule is COc1cccc(O[C@H](C)C(=O)N[C@H](C)COc2ccc(C)cc2)c1. The highest BCUT2D eigenvalue weighted by Crippen LogP contribution is 2.20. The summed E-state index contributed by atoms with van der Waals surface area (Å²) < 4.78 is 16.5. The Kier molecular flexibility index (Phi) is 6.69. The van der Waals surface area contributed by atoms with Gasteiger partial charge in [0.05, 0.1) is 13.2 Å². The highest BCUT2D eigenvalue weighted by Gasteiger charge is 2.17. The van der Waals surface area contributed by atoms with Crippen molar-refractivity contribution in [3.8, 4) is 17.2 Å². The minimum absolute atomic E-state index is 0.134. The lowest BCUT2D eigenvalue weighted by atomic mass is 10.2. The molecule has 1 amide bonds. The van der Waals surface area contributed by atoms with Crippen LogP contribution >= 0.6 is 0 Å². The Morgan fingerprint density at radius 1 is 1.04 bits per heavy atom. The quantitative estimate of drug-likeness (QED) is 0.798. The van der Waals surface area contributed by atoms with Gasteiger partial charge in [0.2, 0.25) is 0 Å². The van der Waals surface area contributed by atoms with Crippen molar-refractivity contribution in [1.29, 1.82) is 0 Å². The van der Waals surface area contributed by atoms with Crippen molar-refractivity contribution in [3.63, 3.8) is 0 Å². The van der Waals surface area contributed by atoms with Crippen LogP contribution in [-0.4, -0.2) is 31.8 Å². The molecule has 0 radical (unpaired) electrons. The molecule has 0 heterocycles. The molecule has 1 N–H and O–H groups in total. The van der Waals surface area contributed by atoms with Gasteiger partial charge in [-0.1, -0.05) is 23.8 Å². The van der Waals surface area contributed by atoms with Gasteiger partial charge in [-0.15, -0.1) is 0 Å². The number of amides is 1. The number of nitrogens with one attached hydrogen (secondary N) is 1. The van der Waals surface area contributed by atoms with Gasteiger partial charge < -0.3 is 19.5 Å². The molecule has 134 valence electrons. The van der Waals surface area contributed by atoms with Crippen LogP contribution in [0.15, 0.2) is 48.5 Å². The lowest BCUT2D eigenvalue weighted by molar-refractivity contribution is -0.128. The maximum absolute atomic E-state index is 12.2. The molecule has 0 saturated heterocycles. The molecule has 2 aromatic carbocycles. The standard InChI is InChI=1S/C20H25NO4/c1-14-8-10-17(11-9-14)24-13-15(2)21-20(22)16(3)25-19-7-5-6-18(12-19)23-4/h5-12,15-16H,13H2,1-4H3,(H,21,22)/t15-,16-/m1/s1. The van der Waals surface area contributed by atoms with Crippen molar-refractivity contribution in [3.05, 3.63) is 54.1 Å². The maximum atomic E-state index is 12.2. The van der Waals surface area contributed by atoms with Crippen LogP contribution in [0.25, 0.3) is 0 Å². The molecule has 0 fully saturated rings. The normalized spacial score (nSPS) is 12.8. The Morgan fingerprint density at radius 2 is 1.72 bits per heavy atom. The molecule has 0 aliphatic heterocycles. The fourth-order valence-corrected chi connectivity index (χ4v) is 2.19. The molecule has 5 heteroatoms. The van der Waals surface area contributed by atoms with Crippen molar-refractivity contribution in [2.75, 3.05) is 13.7 Å². The first-order chi connectivity index (χ1) is 12.0. The van der Waals surface area contributed by atoms with E-state index in [4.69, 9.17) is 14.2 Å². The van der Waals surface area contributed by atoms with Crippen LogP contribution in [0.3, 0.4) is 0 Å². The van der Waals surface area contributed by atoms with E-state index in [0.717, 1.165) is 5.75 Å². The van der Waals surface area contributed by atoms with Gasteiger partial charge in [-0.3, -0.25) is 4.79 Å². The smallest absolute Gasteiger partial charge is 0.261 e. The lowest BCUT2D eigenvalue weighted by Gasteiger charge is -2.19. The summed E-state index contributed by atoms with van der Waals surface area (Å²) >= 11 is 0. The number of aryl methyl sites for hydroxylation is 1. The number of hydrogen-bond acceptors (Lipinski definition) is 4. The first kappa shape index (κ1) is 18.6. The van der Waals surface area contributed by atoms with Crippen LogP contribution in [-0.2, 0) is 4.79 Å². The highest BCUT2D eigenvalue weighted by molar-refractivity contribution is 5.81. The van der Waals surface area contributed by atoms with Crippen molar-refractivity contribution in [1.82, 2.24) is 5.32 Å². The van der Waals surface area contributed by atoms with E-state index >= 15 is 0 Å². The zero-order chi connectivity index (χ0) is 18.2. The van der Waals surface area contributed by atoms with Gasteiger partial charge in [-0.2, -0.15) is 0 Å². The van der Waals surface area contributed by atoms with Crippen molar-refractivity contribution >= 4 is 5.91 Å². The highest BCUT2D eigenvalue weighted by atomic mass is 16.5. The van der Waals surface area contributed by atoms with Crippen LogP contribution in [0.4, 0.5) is 0 Å². The van der Waals surface area contributed by atoms with Gasteiger partial charge in [0.25, 0.3) is 5.91 Å². The van der Waals surface area contributed by atoms with E-state index in [9.17, 15) is 4.79 Å². The largest absolute Gasteiger partial charge is 0.497 e. The van der Waals surface area contributed by atoms with Crippen LogP contribution in [0, 0.1) is 6.92 Å². The Labute approximate surface area is 148 Å². The topological polar surface area (TPSA) is 56.8 Å². The summed E-state index contributed by atoms with van der Waals surface area (Å²) in [6, 6.07) is 14.8. The van der Waals surface area contributed by atoms with Crippen molar-refractivity contribution in [2.45, 2.75) is 32.9 Å². The second kappa shape index (κ2) is 8.97. The fourth-order valence-electron chi connectivity index (χ4n) is 2.19. The van der Waals surface area contributed by atoms with E-state index in [2.05, 4.69) is 5.32 Å². The van der Waals surface area contributed by atoms with Crippen LogP contribution in [0.2, 0.25) is 0 Å². The average molecular weight is 343 g/mol. The van der Waals surface area contributed by atoms with E-state index in [1.165, 1.54) is 5.56 Å². The zero-order valence-electron chi connectivity index (χ0n) is 15.1. The molecule has 0 aliphatic carbocycles. The monoisotopic (exact) mass is 343 g/mol. The van der Waals surface area contributed by atoms with Gasteiger partial charge >= 0.3 is 0 Å². The number of rotatable bonds is 8. The number of carbonyl (C=O) groups is 1. The Bertz CT molecular complexity index is 684. The molecule has 0 aromatic heterocycles. The summed E-state index contributed by atoms with van der Waals surface area (Å²) in [4.78, 5) is 12.2. The summed E-state index contributed by atoms with van der Waals surface area (Å²) in [6.07, 6.45) is -0.617. The van der Waals surface area contributed by atoms with Crippen molar-refractivity contribution in [2.24, 2.45) is 0 Å². The van der Waals surface area contributed by atoms with Crippen molar-refractivity contribution < 1.29 is 19.0 Å². The Morgan fingerprint density at radius 3 is 2.40 bits per heavy atom. The van der Waals surface area contributed by atoms with Gasteiger partial charge in [0, 0.05) is 6.07 Å². The van der Waals surface area contributed by atoms with Crippen LogP contribution in [0.5, 0.6) is 17.2 Å². The molecule has 25 heavy (non-hydrogen) atoms. The number of ether oxygens (including phenoxy) is 3. The van der Waals surface area contributed by atoms with Crippen LogP contribution < -0.4 is 19.5 Å². The third-order valence-corrected chi connectivity index (χ3v) is 3.63. The lowest BCUT2D eigenvalue weighted by Crippen LogP contribution is -2.43. The molecule has 0 aliphatic rings. The molecular weight excluding hydrogens is 318 g/mol. The number of carbonyl (C=O) groups excluding carboxylic acids is 1. The number of methoxy groups -OCH3 is 1. The summed E-state index contributed by atoms with van der Waals surface area (Å²) in [6.45, 7) is 6.02. The third kappa shape index (κ3) is 6.03. The summed E-state index contributed by atoms with van der Waals surface area (Å²) in [5.41, 5.74) is 1.18. The molecule has 0 spiro atoms. The Balaban J connectivity index is 1.80. The van der Waals surface area contributed by atoms with Crippen LogP contribution in [0.1, 0.15) is 19.4 Å². The van der Waals surface area contributed by atoms with Gasteiger partial charge in [-0.25, -0.2) is 0 Å². The molecule has 2 aromatic rings. The summed E-state index contributed by atoms with van der Waals surface area (Å²) in [5.74, 6) is 1.87. The molecule has 0 unspecified atom stereocenters. The number of hydrogen-bond donors (Lipinski definition) is 1. The second-order valence-electron chi connectivity index (χ2n) is 5.97. The van der Waals surface area contributed by atoms with Gasteiger partial charge in [-0.05, 0) is 45.0 Å². The van der Waals surface area contributed by atoms with E-state index < -0.39 is 6.10 Å². The maximum Gasteiger partial charge on any atom is 0.261 e. The van der Waals surface area contributed by atoms with Gasteiger partial charge in [0.1, 0.15) is 23.9 Å². The zero-order valence-corrected chi connectivity index (χ0v) is 15.1. The second-order valence-corrected chi connectivity index (χ2v) is 5.97. The Hall–Kier alpha value is -2.69. The summed E-state index contributed by atoms with van der Waals surface area (Å²) in [5, 5.41) is 2.89. The fraction of sp³-hybridized carbons (Fsp3) is 0.350. The van der Waals surface area contributed by atoms with Gasteiger partial charge in [0.15, 0.2) is 6.10 Å². The molecule has 2 atom stereocenters. The molecule has 2 rings (SSSR count). The van der Waals surface area contributed by atoms with E-state index in [1.807, 2.05) is 50.2 Å². The molecule has 0 bridgehead atoms. The van der Waals surface area contributed by atoms with E-state index in [1.54, 1.807) is 26.2 Å². The predicted molar refractivity (Wildman–Crippen MR) is 97.4 cm³/mol.